The average molecular weight is 268 g/mol. The second-order valence-electron chi connectivity index (χ2n) is 5.21. The van der Waals surface area contributed by atoms with Crippen LogP contribution in [0, 0.1) is 5.92 Å². The van der Waals surface area contributed by atoms with E-state index in [4.69, 9.17) is 0 Å². The summed E-state index contributed by atoms with van der Waals surface area (Å²) in [5.41, 5.74) is 0. The van der Waals surface area contributed by atoms with E-state index < -0.39 is 0 Å². The molecule has 1 aliphatic heterocycles. The molecule has 0 aromatic carbocycles. The normalized spacial score (nSPS) is 20.3. The van der Waals surface area contributed by atoms with Crippen molar-refractivity contribution in [1.29, 1.82) is 0 Å². The summed E-state index contributed by atoms with van der Waals surface area (Å²) in [4.78, 5) is 18.3. The molecule has 0 aliphatic carbocycles. The van der Waals surface area contributed by atoms with Gasteiger partial charge in [0.2, 0.25) is 5.91 Å². The summed E-state index contributed by atoms with van der Waals surface area (Å²) in [7, 11) is 0. The molecule has 0 saturated carbocycles. The van der Waals surface area contributed by atoms with Crippen LogP contribution in [0.15, 0.2) is 4.99 Å². The molecule has 1 amide bonds. The number of likely N-dealkylation sites (tertiary alicyclic amines) is 1. The predicted molar refractivity (Wildman–Crippen MR) is 79.3 cm³/mol. The van der Waals surface area contributed by atoms with Crippen molar-refractivity contribution in [2.45, 2.75) is 40.0 Å². The maximum atomic E-state index is 11.6. The lowest BCUT2D eigenvalue weighted by Gasteiger charge is -2.33. The molecule has 0 aromatic heterocycles. The van der Waals surface area contributed by atoms with Crippen molar-refractivity contribution in [2.75, 3.05) is 32.7 Å². The number of carbonyl (C=O) groups excluding carboxylic acids is 1. The molecule has 1 rings (SSSR count). The topological polar surface area (TPSA) is 56.7 Å². The first-order valence-corrected chi connectivity index (χ1v) is 7.47. The lowest BCUT2D eigenvalue weighted by atomic mass is 10.0. The molecular formula is C14H28N4O. The van der Waals surface area contributed by atoms with Gasteiger partial charge in [0.25, 0.3) is 0 Å². The Morgan fingerprint density at radius 2 is 2.16 bits per heavy atom. The fourth-order valence-electron chi connectivity index (χ4n) is 2.27. The predicted octanol–water partition coefficient (Wildman–Crippen LogP) is 1.21. The lowest BCUT2D eigenvalue weighted by Crippen LogP contribution is -2.46. The van der Waals surface area contributed by atoms with Crippen LogP contribution in [0.25, 0.3) is 0 Å². The molecule has 19 heavy (non-hydrogen) atoms. The van der Waals surface area contributed by atoms with E-state index in [0.29, 0.717) is 5.92 Å². The van der Waals surface area contributed by atoms with Crippen molar-refractivity contribution >= 4 is 11.9 Å². The van der Waals surface area contributed by atoms with E-state index in [-0.39, 0.29) is 12.5 Å². The number of aliphatic imine (C=N–C) groups is 1. The van der Waals surface area contributed by atoms with E-state index >= 15 is 0 Å². The van der Waals surface area contributed by atoms with E-state index in [1.54, 1.807) is 0 Å². The molecule has 0 radical (unpaired) electrons. The molecule has 0 aromatic rings. The summed E-state index contributed by atoms with van der Waals surface area (Å²) >= 11 is 0. The fourth-order valence-corrected chi connectivity index (χ4v) is 2.27. The Kier molecular flexibility index (Phi) is 7.30. The van der Waals surface area contributed by atoms with Crippen molar-refractivity contribution < 1.29 is 4.79 Å². The quantitative estimate of drug-likeness (QED) is 0.582. The monoisotopic (exact) mass is 268 g/mol. The third kappa shape index (κ3) is 5.94. The smallest absolute Gasteiger partial charge is 0.241 e. The van der Waals surface area contributed by atoms with Gasteiger partial charge < -0.3 is 15.5 Å². The molecule has 1 heterocycles. The van der Waals surface area contributed by atoms with Crippen LogP contribution in [0.1, 0.15) is 40.0 Å². The van der Waals surface area contributed by atoms with E-state index in [1.807, 2.05) is 6.92 Å². The third-order valence-corrected chi connectivity index (χ3v) is 3.24. The Bertz CT molecular complexity index is 304. The zero-order valence-corrected chi connectivity index (χ0v) is 12.5. The van der Waals surface area contributed by atoms with Gasteiger partial charge in [0, 0.05) is 26.2 Å². The van der Waals surface area contributed by atoms with Gasteiger partial charge >= 0.3 is 0 Å². The summed E-state index contributed by atoms with van der Waals surface area (Å²) in [6.07, 6.45) is 3.44. The number of piperidine rings is 1. The first-order chi connectivity index (χ1) is 9.17. The third-order valence-electron chi connectivity index (χ3n) is 3.24. The second-order valence-corrected chi connectivity index (χ2v) is 5.21. The van der Waals surface area contributed by atoms with Crippen LogP contribution in [0.2, 0.25) is 0 Å². The summed E-state index contributed by atoms with van der Waals surface area (Å²) in [6, 6.07) is 0. The molecule has 1 saturated heterocycles. The summed E-state index contributed by atoms with van der Waals surface area (Å²) in [6.45, 7) is 10.2. The highest BCUT2D eigenvalue weighted by Crippen LogP contribution is 2.15. The zero-order chi connectivity index (χ0) is 14.1. The van der Waals surface area contributed by atoms with Crippen LogP contribution in [0.3, 0.4) is 0 Å². The molecule has 0 spiro atoms. The van der Waals surface area contributed by atoms with Gasteiger partial charge in [-0.15, -0.1) is 0 Å². The van der Waals surface area contributed by atoms with Crippen molar-refractivity contribution in [3.05, 3.63) is 0 Å². The number of carbonyl (C=O) groups is 1. The van der Waals surface area contributed by atoms with Gasteiger partial charge in [-0.05, 0) is 32.1 Å². The molecule has 2 N–H and O–H groups in total. The van der Waals surface area contributed by atoms with Crippen molar-refractivity contribution in [2.24, 2.45) is 10.9 Å². The number of guanidine groups is 1. The maximum absolute atomic E-state index is 11.6. The van der Waals surface area contributed by atoms with E-state index in [1.165, 1.54) is 12.8 Å². The van der Waals surface area contributed by atoms with Gasteiger partial charge in [-0.25, -0.2) is 4.99 Å². The Morgan fingerprint density at radius 1 is 1.37 bits per heavy atom. The van der Waals surface area contributed by atoms with E-state index in [9.17, 15) is 4.79 Å². The SMILES string of the molecule is CCCNC(=O)CN=C(NCC)N1CCCC(C)C1. The minimum atomic E-state index is 0.00214. The van der Waals surface area contributed by atoms with Crippen LogP contribution < -0.4 is 10.6 Å². The van der Waals surface area contributed by atoms with Gasteiger partial charge in [-0.3, -0.25) is 4.79 Å². The maximum Gasteiger partial charge on any atom is 0.241 e. The Balaban J connectivity index is 2.52. The fraction of sp³-hybridized carbons (Fsp3) is 0.857. The number of rotatable bonds is 5. The highest BCUT2D eigenvalue weighted by molar-refractivity contribution is 5.85. The van der Waals surface area contributed by atoms with Gasteiger partial charge in [0.05, 0.1) is 0 Å². The summed E-state index contributed by atoms with van der Waals surface area (Å²) in [5.74, 6) is 1.58. The highest BCUT2D eigenvalue weighted by atomic mass is 16.1. The standard InChI is InChI=1S/C14H28N4O/c1-4-8-16-13(19)10-17-14(15-5-2)18-9-6-7-12(3)11-18/h12H,4-11H2,1-3H3,(H,15,17)(H,16,19). The molecule has 5 nitrogen and oxygen atoms in total. The first-order valence-electron chi connectivity index (χ1n) is 7.47. The molecule has 1 unspecified atom stereocenters. The van der Waals surface area contributed by atoms with Crippen LogP contribution >= 0.6 is 0 Å². The first kappa shape index (κ1) is 15.8. The highest BCUT2D eigenvalue weighted by Gasteiger charge is 2.19. The summed E-state index contributed by atoms with van der Waals surface area (Å²) < 4.78 is 0. The summed E-state index contributed by atoms with van der Waals surface area (Å²) in [5, 5.41) is 6.13. The molecule has 110 valence electrons. The minimum absolute atomic E-state index is 0.00214. The van der Waals surface area contributed by atoms with Crippen molar-refractivity contribution in [3.8, 4) is 0 Å². The minimum Gasteiger partial charge on any atom is -0.357 e. The number of nitrogens with one attached hydrogen (secondary N) is 2. The van der Waals surface area contributed by atoms with Crippen molar-refractivity contribution in [3.63, 3.8) is 0 Å². The Labute approximate surface area is 116 Å². The Morgan fingerprint density at radius 3 is 2.79 bits per heavy atom. The molecular weight excluding hydrogens is 240 g/mol. The van der Waals surface area contributed by atoms with Crippen LogP contribution in [-0.4, -0.2) is 49.5 Å². The lowest BCUT2D eigenvalue weighted by molar-refractivity contribution is -0.119. The molecule has 5 heteroatoms. The molecule has 1 aliphatic rings. The van der Waals surface area contributed by atoms with Gasteiger partial charge in [0.1, 0.15) is 6.54 Å². The Hall–Kier alpha value is -1.26. The van der Waals surface area contributed by atoms with Crippen molar-refractivity contribution in [1.82, 2.24) is 15.5 Å². The van der Waals surface area contributed by atoms with E-state index in [0.717, 1.165) is 38.6 Å². The van der Waals surface area contributed by atoms with Gasteiger partial charge in [-0.1, -0.05) is 13.8 Å². The van der Waals surface area contributed by atoms with Crippen LogP contribution in [0.4, 0.5) is 0 Å². The number of hydrogen-bond acceptors (Lipinski definition) is 2. The largest absolute Gasteiger partial charge is 0.357 e. The van der Waals surface area contributed by atoms with Gasteiger partial charge in [0.15, 0.2) is 5.96 Å². The van der Waals surface area contributed by atoms with Gasteiger partial charge in [-0.2, -0.15) is 0 Å². The molecule has 0 bridgehead atoms. The van der Waals surface area contributed by atoms with E-state index in [2.05, 4.69) is 34.4 Å². The number of hydrogen-bond donors (Lipinski definition) is 2. The number of nitrogens with zero attached hydrogens (tertiary/aromatic N) is 2. The second kappa shape index (κ2) is 8.77. The zero-order valence-electron chi connectivity index (χ0n) is 12.5. The average Bonchev–Trinajstić information content (AvgIpc) is 2.41. The molecule has 1 fully saturated rings. The van der Waals surface area contributed by atoms with Crippen LogP contribution in [0.5, 0.6) is 0 Å². The van der Waals surface area contributed by atoms with Crippen LogP contribution in [-0.2, 0) is 4.79 Å². The number of amides is 1. The molecule has 1 atom stereocenters.